The molecule has 0 saturated carbocycles. The maximum Gasteiger partial charge on any atom is 0.279 e. The van der Waals surface area contributed by atoms with Crippen LogP contribution in [0.2, 0.25) is 0 Å². The first-order valence-electron chi connectivity index (χ1n) is 6.59. The Morgan fingerprint density at radius 3 is 2.57 bits per heavy atom. The van der Waals surface area contributed by atoms with Gasteiger partial charge in [0.2, 0.25) is 0 Å². The Morgan fingerprint density at radius 1 is 1.17 bits per heavy atom. The Bertz CT molecular complexity index is 1020. The standard InChI is InChI=1S/C17H9IN2O2S/c18-11-7-5-10(6-8-11)15(21)13(9-19)17-20-16(22)12-3-1-2-4-14(12)23-17/h1-8,21H/b15-13-. The first-order chi connectivity index (χ1) is 11.1. The number of nitrogens with zero attached hydrogens (tertiary/aromatic N) is 2. The van der Waals surface area contributed by atoms with Gasteiger partial charge in [0.25, 0.3) is 5.56 Å². The Balaban J connectivity index is 2.22. The molecule has 0 radical (unpaired) electrons. The van der Waals surface area contributed by atoms with Gasteiger partial charge in [-0.2, -0.15) is 10.2 Å². The number of halogens is 1. The number of allylic oxidation sites excluding steroid dienone is 1. The minimum atomic E-state index is -0.405. The van der Waals surface area contributed by atoms with Crippen LogP contribution >= 0.6 is 33.9 Å². The van der Waals surface area contributed by atoms with Gasteiger partial charge in [-0.05, 0) is 46.9 Å². The lowest BCUT2D eigenvalue weighted by Gasteiger charge is -2.05. The summed E-state index contributed by atoms with van der Waals surface area (Å²) < 4.78 is 1.75. The molecule has 4 nitrogen and oxygen atoms in total. The first kappa shape index (κ1) is 15.6. The lowest BCUT2D eigenvalue weighted by atomic mass is 10.1. The van der Waals surface area contributed by atoms with E-state index in [4.69, 9.17) is 0 Å². The van der Waals surface area contributed by atoms with Crippen LogP contribution < -0.4 is 5.56 Å². The van der Waals surface area contributed by atoms with E-state index < -0.39 is 5.56 Å². The van der Waals surface area contributed by atoms with Crippen molar-refractivity contribution in [3.63, 3.8) is 0 Å². The van der Waals surface area contributed by atoms with Gasteiger partial charge in [0.1, 0.15) is 22.4 Å². The number of aliphatic hydroxyl groups is 1. The highest BCUT2D eigenvalue weighted by atomic mass is 127. The normalized spacial score (nSPS) is 11.8. The Hall–Kier alpha value is -2.24. The number of hydrogen-bond acceptors (Lipinski definition) is 5. The fraction of sp³-hybridized carbons (Fsp3) is 0. The summed E-state index contributed by atoms with van der Waals surface area (Å²) in [5.41, 5.74) is 0.105. The molecule has 3 aromatic rings. The summed E-state index contributed by atoms with van der Waals surface area (Å²) >= 11 is 3.36. The Kier molecular flexibility index (Phi) is 4.41. The zero-order valence-corrected chi connectivity index (χ0v) is 14.6. The minimum Gasteiger partial charge on any atom is -0.506 e. The number of hydrogen-bond donors (Lipinski definition) is 1. The van der Waals surface area contributed by atoms with Crippen LogP contribution in [0.15, 0.2) is 53.3 Å². The van der Waals surface area contributed by atoms with E-state index in [0.29, 0.717) is 10.9 Å². The molecule has 0 aliphatic heterocycles. The molecule has 0 spiro atoms. The van der Waals surface area contributed by atoms with E-state index in [-0.39, 0.29) is 16.3 Å². The van der Waals surface area contributed by atoms with E-state index in [0.717, 1.165) is 8.27 Å². The average Bonchev–Trinajstić information content (AvgIpc) is 2.56. The third-order valence-corrected chi connectivity index (χ3v) is 4.99. The summed E-state index contributed by atoms with van der Waals surface area (Å²) in [6, 6.07) is 16.1. The van der Waals surface area contributed by atoms with Gasteiger partial charge in [0.05, 0.1) is 5.39 Å². The molecule has 112 valence electrons. The average molecular weight is 432 g/mol. The highest BCUT2D eigenvalue weighted by molar-refractivity contribution is 14.1. The molecule has 0 atom stereocenters. The zero-order valence-electron chi connectivity index (χ0n) is 11.7. The second-order valence-corrected chi connectivity index (χ2v) is 6.94. The lowest BCUT2D eigenvalue weighted by Crippen LogP contribution is -2.07. The van der Waals surface area contributed by atoms with Crippen LogP contribution in [0, 0.1) is 14.9 Å². The van der Waals surface area contributed by atoms with Gasteiger partial charge in [0.15, 0.2) is 0 Å². The Morgan fingerprint density at radius 2 is 1.87 bits per heavy atom. The molecular formula is C17H9IN2O2S. The van der Waals surface area contributed by atoms with Crippen molar-refractivity contribution < 1.29 is 5.11 Å². The third kappa shape index (κ3) is 3.11. The lowest BCUT2D eigenvalue weighted by molar-refractivity contribution is 0.514. The van der Waals surface area contributed by atoms with E-state index in [1.807, 2.05) is 24.3 Å². The zero-order chi connectivity index (χ0) is 16.4. The fourth-order valence-corrected chi connectivity index (χ4v) is 3.43. The Labute approximate surface area is 149 Å². The van der Waals surface area contributed by atoms with Crippen molar-refractivity contribution in [2.45, 2.75) is 0 Å². The summed E-state index contributed by atoms with van der Waals surface area (Å²) in [6.07, 6.45) is 0. The second-order valence-electron chi connectivity index (χ2n) is 4.66. The summed E-state index contributed by atoms with van der Waals surface area (Å²) in [7, 11) is 0. The van der Waals surface area contributed by atoms with E-state index in [1.165, 1.54) is 11.3 Å². The van der Waals surface area contributed by atoms with E-state index in [2.05, 4.69) is 27.6 Å². The smallest absolute Gasteiger partial charge is 0.279 e. The van der Waals surface area contributed by atoms with Gasteiger partial charge >= 0.3 is 0 Å². The van der Waals surface area contributed by atoms with Crippen LogP contribution in [0.25, 0.3) is 21.4 Å². The largest absolute Gasteiger partial charge is 0.506 e. The maximum atomic E-state index is 12.1. The molecule has 0 aliphatic rings. The van der Waals surface area contributed by atoms with E-state index in [1.54, 1.807) is 30.3 Å². The highest BCUT2D eigenvalue weighted by Gasteiger charge is 2.15. The molecule has 0 saturated heterocycles. The topological polar surface area (TPSA) is 74.0 Å². The number of benzene rings is 2. The van der Waals surface area contributed by atoms with Crippen molar-refractivity contribution in [3.8, 4) is 6.07 Å². The van der Waals surface area contributed by atoms with Gasteiger partial charge in [-0.15, -0.1) is 11.3 Å². The molecule has 23 heavy (non-hydrogen) atoms. The minimum absolute atomic E-state index is 0.000869. The summed E-state index contributed by atoms with van der Waals surface area (Å²) in [5.74, 6) is -0.178. The molecule has 0 amide bonds. The van der Waals surface area contributed by atoms with Gasteiger partial charge < -0.3 is 5.11 Å². The van der Waals surface area contributed by atoms with Crippen molar-refractivity contribution in [2.75, 3.05) is 0 Å². The predicted octanol–water partition coefficient (Wildman–Crippen LogP) is 4.21. The molecule has 6 heteroatoms. The van der Waals surface area contributed by atoms with E-state index >= 15 is 0 Å². The van der Waals surface area contributed by atoms with Crippen molar-refractivity contribution in [1.29, 1.82) is 5.26 Å². The molecule has 2 aromatic carbocycles. The molecule has 0 unspecified atom stereocenters. The molecule has 0 bridgehead atoms. The number of fused-ring (bicyclic) bond motifs is 1. The van der Waals surface area contributed by atoms with Gasteiger partial charge in [0, 0.05) is 13.8 Å². The predicted molar refractivity (Wildman–Crippen MR) is 100 cm³/mol. The van der Waals surface area contributed by atoms with Crippen molar-refractivity contribution in [3.05, 3.63) is 73.0 Å². The maximum absolute atomic E-state index is 12.1. The SMILES string of the molecule is N#C/C(=C(/O)c1ccc(I)cc1)c1nc(=O)c2ccccc2s1. The van der Waals surface area contributed by atoms with Crippen molar-refractivity contribution in [2.24, 2.45) is 0 Å². The summed E-state index contributed by atoms with van der Waals surface area (Å²) in [6.45, 7) is 0. The molecule has 0 aliphatic carbocycles. The second kappa shape index (κ2) is 6.48. The molecular weight excluding hydrogens is 423 g/mol. The number of aliphatic hydroxyl groups excluding tert-OH is 1. The van der Waals surface area contributed by atoms with Gasteiger partial charge in [-0.25, -0.2) is 0 Å². The van der Waals surface area contributed by atoms with Gasteiger partial charge in [-0.3, -0.25) is 4.79 Å². The van der Waals surface area contributed by atoms with Crippen molar-refractivity contribution in [1.82, 2.24) is 4.98 Å². The quantitative estimate of drug-likeness (QED) is 0.374. The number of rotatable bonds is 2. The summed E-state index contributed by atoms with van der Waals surface area (Å²) in [5, 5.41) is 20.6. The highest BCUT2D eigenvalue weighted by Crippen LogP contribution is 2.28. The van der Waals surface area contributed by atoms with E-state index in [9.17, 15) is 15.2 Å². The molecule has 1 aromatic heterocycles. The van der Waals surface area contributed by atoms with Crippen LogP contribution in [0.1, 0.15) is 10.6 Å². The van der Waals surface area contributed by atoms with Crippen LogP contribution in [-0.2, 0) is 0 Å². The molecule has 1 N–H and O–H groups in total. The van der Waals surface area contributed by atoms with Crippen LogP contribution in [0.5, 0.6) is 0 Å². The summed E-state index contributed by atoms with van der Waals surface area (Å²) in [4.78, 5) is 16.1. The number of nitriles is 1. The third-order valence-electron chi connectivity index (χ3n) is 3.21. The number of aromatic nitrogens is 1. The molecule has 1 heterocycles. The molecule has 3 rings (SSSR count). The fourth-order valence-electron chi connectivity index (χ4n) is 2.07. The molecule has 0 fully saturated rings. The van der Waals surface area contributed by atoms with Gasteiger partial charge in [-0.1, -0.05) is 24.3 Å². The van der Waals surface area contributed by atoms with Crippen molar-refractivity contribution >= 4 is 55.3 Å². The monoisotopic (exact) mass is 432 g/mol. The first-order valence-corrected chi connectivity index (χ1v) is 8.49. The van der Waals surface area contributed by atoms with Crippen LogP contribution in [0.3, 0.4) is 0 Å². The van der Waals surface area contributed by atoms with Crippen LogP contribution in [0.4, 0.5) is 0 Å². The van der Waals surface area contributed by atoms with Crippen LogP contribution in [-0.4, -0.2) is 10.1 Å².